The Morgan fingerprint density at radius 2 is 1.86 bits per heavy atom. The summed E-state index contributed by atoms with van der Waals surface area (Å²) in [6, 6.07) is 3.40. The van der Waals surface area contributed by atoms with Gasteiger partial charge < -0.3 is 5.84 Å². The minimum absolute atomic E-state index is 0.0361. The summed E-state index contributed by atoms with van der Waals surface area (Å²) < 4.78 is 42.5. The lowest BCUT2D eigenvalue weighted by molar-refractivity contribution is -0.137. The highest BCUT2D eigenvalue weighted by Crippen LogP contribution is 2.36. The normalized spacial score (nSPS) is 12.5. The Bertz CT molecular complexity index is 992. The summed E-state index contributed by atoms with van der Waals surface area (Å²) in [5, 5.41) is 19.5. The molecular formula is C15H16ClF3N8S. The number of alkyl halides is 3. The molecule has 0 atom stereocenters. The second-order valence-corrected chi connectivity index (χ2v) is 8.26. The van der Waals surface area contributed by atoms with Crippen LogP contribution in [0.3, 0.4) is 0 Å². The fraction of sp³-hybridized carbons (Fsp3) is 0.400. The third-order valence-electron chi connectivity index (χ3n) is 3.69. The molecule has 8 nitrogen and oxygen atoms in total. The quantitative estimate of drug-likeness (QED) is 0.499. The molecule has 0 aliphatic carbocycles. The van der Waals surface area contributed by atoms with E-state index in [0.717, 1.165) is 22.5 Å². The van der Waals surface area contributed by atoms with E-state index in [4.69, 9.17) is 17.4 Å². The lowest BCUT2D eigenvalue weighted by Gasteiger charge is -2.16. The Morgan fingerprint density at radius 1 is 1.14 bits per heavy atom. The molecule has 2 aromatic heterocycles. The van der Waals surface area contributed by atoms with E-state index in [1.54, 1.807) is 0 Å². The van der Waals surface area contributed by atoms with Crippen LogP contribution in [0.5, 0.6) is 0 Å². The number of hydrogen-bond donors (Lipinski definition) is 1. The van der Waals surface area contributed by atoms with E-state index in [0.29, 0.717) is 11.0 Å². The van der Waals surface area contributed by atoms with Crippen LogP contribution in [-0.4, -0.2) is 35.1 Å². The van der Waals surface area contributed by atoms with Crippen molar-refractivity contribution in [3.63, 3.8) is 0 Å². The zero-order valence-electron chi connectivity index (χ0n) is 15.1. The van der Waals surface area contributed by atoms with Crippen molar-refractivity contribution in [2.75, 3.05) is 5.84 Å². The third-order valence-corrected chi connectivity index (χ3v) is 4.87. The largest absolute Gasteiger partial charge is 0.418 e. The monoisotopic (exact) mass is 432 g/mol. The Hall–Kier alpha value is -2.34. The van der Waals surface area contributed by atoms with E-state index < -0.39 is 11.7 Å². The number of hydrogen-bond acceptors (Lipinski definition) is 7. The lowest BCUT2D eigenvalue weighted by Crippen LogP contribution is -2.24. The zero-order valence-corrected chi connectivity index (χ0v) is 16.6. The summed E-state index contributed by atoms with van der Waals surface area (Å²) in [7, 11) is 0. The molecule has 0 amide bonds. The molecule has 0 bridgehead atoms. The first-order valence-electron chi connectivity index (χ1n) is 7.96. The molecule has 0 aliphatic rings. The SMILES string of the molecule is CC(C)(C)c1nnc(SCc2nnnn2-c2ccc(Cl)cc2C(F)(F)F)n1N. The van der Waals surface area contributed by atoms with Crippen molar-refractivity contribution in [2.45, 2.75) is 43.3 Å². The number of nitrogens with two attached hydrogens (primary N) is 1. The number of nitrogens with zero attached hydrogens (tertiary/aromatic N) is 7. The van der Waals surface area contributed by atoms with Gasteiger partial charge in [-0.1, -0.05) is 44.1 Å². The number of nitrogen functional groups attached to an aromatic ring is 1. The van der Waals surface area contributed by atoms with Gasteiger partial charge in [-0.25, -0.2) is 4.68 Å². The first-order valence-corrected chi connectivity index (χ1v) is 9.33. The summed E-state index contributed by atoms with van der Waals surface area (Å²) in [6.07, 6.45) is -4.62. The van der Waals surface area contributed by atoms with Crippen LogP contribution >= 0.6 is 23.4 Å². The van der Waals surface area contributed by atoms with E-state index in [-0.39, 0.29) is 27.7 Å². The fourth-order valence-electron chi connectivity index (χ4n) is 2.42. The maximum absolute atomic E-state index is 13.4. The lowest BCUT2D eigenvalue weighted by atomic mass is 9.96. The van der Waals surface area contributed by atoms with E-state index in [1.807, 2.05) is 20.8 Å². The van der Waals surface area contributed by atoms with E-state index in [9.17, 15) is 13.2 Å². The average Bonchev–Trinajstić information content (AvgIpc) is 3.18. The highest BCUT2D eigenvalue weighted by Gasteiger charge is 2.35. The second-order valence-electron chi connectivity index (χ2n) is 6.88. The van der Waals surface area contributed by atoms with Gasteiger partial charge >= 0.3 is 6.18 Å². The first kappa shape index (κ1) is 20.4. The minimum Gasteiger partial charge on any atom is -0.336 e. The van der Waals surface area contributed by atoms with Crippen molar-refractivity contribution in [3.05, 3.63) is 40.4 Å². The molecule has 2 heterocycles. The van der Waals surface area contributed by atoms with Crippen molar-refractivity contribution in [1.29, 1.82) is 0 Å². The molecule has 0 aliphatic heterocycles. The van der Waals surface area contributed by atoms with E-state index in [2.05, 4.69) is 25.7 Å². The molecule has 3 aromatic rings. The number of aromatic nitrogens is 7. The standard InChI is InChI=1S/C15H16ClF3N8S/c1-14(2,3)12-22-23-13(26(12)20)28-7-11-21-24-25-27(11)10-5-4-8(16)6-9(10)15(17,18)19/h4-6H,7,20H2,1-3H3. The maximum Gasteiger partial charge on any atom is 0.418 e. The smallest absolute Gasteiger partial charge is 0.336 e. The fourth-order valence-corrected chi connectivity index (χ4v) is 3.35. The highest BCUT2D eigenvalue weighted by atomic mass is 35.5. The summed E-state index contributed by atoms with van der Waals surface area (Å²) in [4.78, 5) is 0. The first-order chi connectivity index (χ1) is 13.0. The topological polar surface area (TPSA) is 100 Å². The molecule has 0 unspecified atom stereocenters. The average molecular weight is 433 g/mol. The summed E-state index contributed by atoms with van der Waals surface area (Å²) in [6.45, 7) is 5.82. The molecule has 28 heavy (non-hydrogen) atoms. The Labute approximate surface area is 167 Å². The molecular weight excluding hydrogens is 417 g/mol. The van der Waals surface area contributed by atoms with Gasteiger partial charge in [0.25, 0.3) is 0 Å². The molecule has 0 saturated carbocycles. The summed E-state index contributed by atoms with van der Waals surface area (Å²) >= 11 is 6.89. The molecule has 0 saturated heterocycles. The Kier molecular flexibility index (Phi) is 5.28. The number of rotatable bonds is 4. The van der Waals surface area contributed by atoms with Gasteiger partial charge in [-0.05, 0) is 28.6 Å². The van der Waals surface area contributed by atoms with Crippen molar-refractivity contribution in [1.82, 2.24) is 35.1 Å². The van der Waals surface area contributed by atoms with Crippen LogP contribution in [0.4, 0.5) is 13.2 Å². The van der Waals surface area contributed by atoms with Crippen molar-refractivity contribution >= 4 is 23.4 Å². The van der Waals surface area contributed by atoms with Crippen LogP contribution in [0.1, 0.15) is 38.0 Å². The van der Waals surface area contributed by atoms with Gasteiger partial charge in [-0.15, -0.1) is 15.3 Å². The van der Waals surface area contributed by atoms with Gasteiger partial charge in [0.05, 0.1) is 17.0 Å². The summed E-state index contributed by atoms with van der Waals surface area (Å²) in [5.41, 5.74) is -1.47. The molecule has 0 fully saturated rings. The highest BCUT2D eigenvalue weighted by molar-refractivity contribution is 7.98. The number of benzene rings is 1. The van der Waals surface area contributed by atoms with Gasteiger partial charge in [0, 0.05) is 10.4 Å². The Morgan fingerprint density at radius 3 is 2.46 bits per heavy atom. The van der Waals surface area contributed by atoms with Crippen molar-refractivity contribution in [2.24, 2.45) is 0 Å². The van der Waals surface area contributed by atoms with E-state index in [1.165, 1.54) is 16.8 Å². The number of tetrazole rings is 1. The van der Waals surface area contributed by atoms with Crippen LogP contribution < -0.4 is 5.84 Å². The van der Waals surface area contributed by atoms with Gasteiger partial charge in [0.1, 0.15) is 0 Å². The number of halogens is 4. The zero-order chi connectivity index (χ0) is 20.7. The minimum atomic E-state index is -4.62. The molecule has 2 N–H and O–H groups in total. The van der Waals surface area contributed by atoms with Gasteiger partial charge in [0.2, 0.25) is 5.16 Å². The van der Waals surface area contributed by atoms with Crippen LogP contribution in [0.2, 0.25) is 5.02 Å². The second kappa shape index (κ2) is 7.24. The van der Waals surface area contributed by atoms with Crippen LogP contribution in [0.15, 0.2) is 23.4 Å². The van der Waals surface area contributed by atoms with Gasteiger partial charge in [-0.3, -0.25) is 0 Å². The number of thioether (sulfide) groups is 1. The Balaban J connectivity index is 1.90. The molecule has 1 aromatic carbocycles. The van der Waals surface area contributed by atoms with Crippen LogP contribution in [-0.2, 0) is 17.3 Å². The van der Waals surface area contributed by atoms with Crippen LogP contribution in [0, 0.1) is 0 Å². The predicted octanol–water partition coefficient (Wildman–Crippen LogP) is 3.23. The summed E-state index contributed by atoms with van der Waals surface area (Å²) in [5.74, 6) is 6.92. The molecule has 0 radical (unpaired) electrons. The van der Waals surface area contributed by atoms with Crippen molar-refractivity contribution < 1.29 is 13.2 Å². The molecule has 13 heteroatoms. The molecule has 3 rings (SSSR count). The van der Waals surface area contributed by atoms with Gasteiger partial charge in [-0.2, -0.15) is 17.9 Å². The molecule has 0 spiro atoms. The molecule has 150 valence electrons. The van der Waals surface area contributed by atoms with E-state index >= 15 is 0 Å². The third kappa shape index (κ3) is 4.07. The van der Waals surface area contributed by atoms with Crippen LogP contribution in [0.25, 0.3) is 5.69 Å². The van der Waals surface area contributed by atoms with Gasteiger partial charge in [0.15, 0.2) is 11.6 Å². The predicted molar refractivity (Wildman–Crippen MR) is 97.6 cm³/mol. The maximum atomic E-state index is 13.4. The van der Waals surface area contributed by atoms with Crippen molar-refractivity contribution in [3.8, 4) is 5.69 Å².